The summed E-state index contributed by atoms with van der Waals surface area (Å²) in [5.74, 6) is -0.210. The van der Waals surface area contributed by atoms with Crippen molar-refractivity contribution in [3.8, 4) is 0 Å². The van der Waals surface area contributed by atoms with Crippen molar-refractivity contribution in [1.29, 1.82) is 0 Å². The Kier molecular flexibility index (Phi) is 6.65. The van der Waals surface area contributed by atoms with E-state index in [1.165, 1.54) is 6.07 Å². The highest BCUT2D eigenvalue weighted by Gasteiger charge is 2.31. The average molecular weight is 366 g/mol. The summed E-state index contributed by atoms with van der Waals surface area (Å²) in [6.45, 7) is 3.74. The summed E-state index contributed by atoms with van der Waals surface area (Å²) in [5, 5.41) is 2.56. The topological polar surface area (TPSA) is 66.5 Å². The lowest BCUT2D eigenvalue weighted by Gasteiger charge is -2.23. The number of nitrogens with one attached hydrogen (secondary N) is 1. The first-order valence-electron chi connectivity index (χ1n) is 7.33. The number of sulfonamides is 1. The Morgan fingerprint density at radius 1 is 1.29 bits per heavy atom. The second-order valence-electron chi connectivity index (χ2n) is 5.85. The molecular formula is C15H21F3N2O3S. The molecule has 0 unspecified atom stereocenters. The number of hydrogen-bond acceptors (Lipinski definition) is 3. The molecule has 0 spiro atoms. The number of hydrogen-bond donors (Lipinski definition) is 1. The highest BCUT2D eigenvalue weighted by Crippen LogP contribution is 2.32. The zero-order valence-electron chi connectivity index (χ0n) is 13.7. The first kappa shape index (κ1) is 20.3. The Hall–Kier alpha value is -1.77. The van der Waals surface area contributed by atoms with Gasteiger partial charge in [0.1, 0.15) is 6.54 Å². The van der Waals surface area contributed by atoms with Crippen molar-refractivity contribution in [2.24, 2.45) is 5.92 Å². The van der Waals surface area contributed by atoms with Gasteiger partial charge in [0.05, 0.1) is 17.5 Å². The largest absolute Gasteiger partial charge is 0.416 e. The molecule has 0 radical (unpaired) electrons. The fourth-order valence-electron chi connectivity index (χ4n) is 1.92. The van der Waals surface area contributed by atoms with Gasteiger partial charge in [-0.25, -0.2) is 8.42 Å². The normalized spacial score (nSPS) is 12.3. The number of rotatable bonds is 7. The minimum absolute atomic E-state index is 0.202. The molecule has 0 saturated carbocycles. The van der Waals surface area contributed by atoms with Crippen LogP contribution in [-0.4, -0.2) is 33.7 Å². The lowest BCUT2D eigenvalue weighted by atomic mass is 10.1. The number of nitrogens with zero attached hydrogens (tertiary/aromatic N) is 1. The molecule has 1 aromatic carbocycles. The Balaban J connectivity index is 2.97. The highest BCUT2D eigenvalue weighted by molar-refractivity contribution is 7.92. The summed E-state index contributed by atoms with van der Waals surface area (Å²) in [5.41, 5.74) is -1.18. The highest BCUT2D eigenvalue weighted by atomic mass is 32.2. The van der Waals surface area contributed by atoms with E-state index < -0.39 is 34.2 Å². The van der Waals surface area contributed by atoms with Gasteiger partial charge in [-0.05, 0) is 30.5 Å². The van der Waals surface area contributed by atoms with E-state index in [0.29, 0.717) is 29.3 Å². The second kappa shape index (κ2) is 7.87. The molecular weight excluding hydrogens is 345 g/mol. The van der Waals surface area contributed by atoms with Crippen LogP contribution in [0.25, 0.3) is 0 Å². The maximum Gasteiger partial charge on any atom is 0.416 e. The molecule has 136 valence electrons. The van der Waals surface area contributed by atoms with E-state index in [1.807, 2.05) is 13.8 Å². The van der Waals surface area contributed by atoms with E-state index in [2.05, 4.69) is 5.32 Å². The lowest BCUT2D eigenvalue weighted by molar-refractivity contribution is -0.137. The Labute approximate surface area is 139 Å². The van der Waals surface area contributed by atoms with Gasteiger partial charge in [0, 0.05) is 6.54 Å². The van der Waals surface area contributed by atoms with E-state index in [9.17, 15) is 26.4 Å². The van der Waals surface area contributed by atoms with Crippen molar-refractivity contribution >= 4 is 21.6 Å². The van der Waals surface area contributed by atoms with Gasteiger partial charge < -0.3 is 5.32 Å². The molecule has 0 atom stereocenters. The molecule has 0 saturated heterocycles. The van der Waals surface area contributed by atoms with Crippen molar-refractivity contribution in [3.63, 3.8) is 0 Å². The van der Waals surface area contributed by atoms with Crippen molar-refractivity contribution in [3.05, 3.63) is 29.8 Å². The van der Waals surface area contributed by atoms with Gasteiger partial charge in [-0.15, -0.1) is 0 Å². The molecule has 1 rings (SSSR count). The number of halogens is 3. The molecule has 0 bridgehead atoms. The van der Waals surface area contributed by atoms with Crippen LogP contribution in [-0.2, 0) is 21.0 Å². The van der Waals surface area contributed by atoms with Crippen molar-refractivity contribution < 1.29 is 26.4 Å². The maximum atomic E-state index is 12.8. The molecule has 1 amide bonds. The van der Waals surface area contributed by atoms with E-state index in [1.54, 1.807) is 0 Å². The summed E-state index contributed by atoms with van der Waals surface area (Å²) in [7, 11) is -3.91. The van der Waals surface area contributed by atoms with Crippen LogP contribution in [0.2, 0.25) is 0 Å². The van der Waals surface area contributed by atoms with Gasteiger partial charge in [-0.2, -0.15) is 13.2 Å². The quantitative estimate of drug-likeness (QED) is 0.807. The number of alkyl halides is 3. The van der Waals surface area contributed by atoms with Gasteiger partial charge in [0.15, 0.2) is 0 Å². The molecule has 0 heterocycles. The molecule has 0 fully saturated rings. The lowest BCUT2D eigenvalue weighted by Crippen LogP contribution is -2.40. The summed E-state index contributed by atoms with van der Waals surface area (Å²) in [6, 6.07) is 3.87. The SMILES string of the molecule is CC(C)CCNC(=O)CN(c1cccc(C(F)(F)F)c1)S(C)(=O)=O. The monoisotopic (exact) mass is 366 g/mol. The van der Waals surface area contributed by atoms with Gasteiger partial charge >= 0.3 is 6.18 Å². The average Bonchev–Trinajstić information content (AvgIpc) is 2.42. The van der Waals surface area contributed by atoms with Crippen molar-refractivity contribution in [2.45, 2.75) is 26.4 Å². The van der Waals surface area contributed by atoms with E-state index in [-0.39, 0.29) is 5.69 Å². The summed E-state index contributed by atoms with van der Waals surface area (Å²) in [6.07, 6.45) is -3.04. The number of carbonyl (C=O) groups excluding carboxylic acids is 1. The van der Waals surface area contributed by atoms with Crippen molar-refractivity contribution in [1.82, 2.24) is 5.32 Å². The van der Waals surface area contributed by atoms with Gasteiger partial charge in [0.2, 0.25) is 15.9 Å². The number of carbonyl (C=O) groups is 1. The molecule has 9 heteroatoms. The second-order valence-corrected chi connectivity index (χ2v) is 7.76. The van der Waals surface area contributed by atoms with Gasteiger partial charge in [-0.1, -0.05) is 19.9 Å². The van der Waals surface area contributed by atoms with Gasteiger partial charge in [-0.3, -0.25) is 9.10 Å². The van der Waals surface area contributed by atoms with Crippen molar-refractivity contribution in [2.75, 3.05) is 23.7 Å². The zero-order valence-corrected chi connectivity index (χ0v) is 14.5. The standard InChI is InChI=1S/C15H21F3N2O3S/c1-11(2)7-8-19-14(21)10-20(24(3,22)23)13-6-4-5-12(9-13)15(16,17)18/h4-6,9,11H,7-8,10H2,1-3H3,(H,19,21). The van der Waals surface area contributed by atoms with Crippen LogP contribution in [0.4, 0.5) is 18.9 Å². The Morgan fingerprint density at radius 2 is 1.92 bits per heavy atom. The van der Waals surface area contributed by atoms with Gasteiger partial charge in [0.25, 0.3) is 0 Å². The minimum Gasteiger partial charge on any atom is -0.355 e. The minimum atomic E-state index is -4.60. The molecule has 0 aromatic heterocycles. The van der Waals surface area contributed by atoms with Crippen LogP contribution in [0, 0.1) is 5.92 Å². The fourth-order valence-corrected chi connectivity index (χ4v) is 2.77. The number of anilines is 1. The molecule has 1 N–H and O–H groups in total. The third-order valence-corrected chi connectivity index (χ3v) is 4.33. The number of amides is 1. The maximum absolute atomic E-state index is 12.8. The summed E-state index contributed by atoms with van der Waals surface area (Å²) < 4.78 is 62.8. The van der Waals surface area contributed by atoms with E-state index in [0.717, 1.165) is 18.4 Å². The van der Waals surface area contributed by atoms with Crippen LogP contribution in [0.1, 0.15) is 25.8 Å². The molecule has 5 nitrogen and oxygen atoms in total. The Bertz CT molecular complexity index is 673. The molecule has 1 aromatic rings. The molecule has 0 aliphatic heterocycles. The molecule has 0 aliphatic rings. The third-order valence-electron chi connectivity index (χ3n) is 3.19. The molecule has 0 aliphatic carbocycles. The number of benzene rings is 1. The Morgan fingerprint density at radius 3 is 2.42 bits per heavy atom. The molecule has 24 heavy (non-hydrogen) atoms. The predicted molar refractivity (Wildman–Crippen MR) is 86.1 cm³/mol. The van der Waals surface area contributed by atoms with E-state index >= 15 is 0 Å². The van der Waals surface area contributed by atoms with Crippen LogP contribution in [0.5, 0.6) is 0 Å². The predicted octanol–water partition coefficient (Wildman–Crippen LogP) is 2.63. The summed E-state index contributed by atoms with van der Waals surface area (Å²) in [4.78, 5) is 11.9. The third kappa shape index (κ3) is 6.38. The first-order chi connectivity index (χ1) is 10.9. The van der Waals surface area contributed by atoms with Crippen LogP contribution >= 0.6 is 0 Å². The van der Waals surface area contributed by atoms with E-state index in [4.69, 9.17) is 0 Å². The van der Waals surface area contributed by atoms with Crippen LogP contribution < -0.4 is 9.62 Å². The summed E-state index contributed by atoms with van der Waals surface area (Å²) >= 11 is 0. The fraction of sp³-hybridized carbons (Fsp3) is 0.533. The van der Waals surface area contributed by atoms with Crippen LogP contribution in [0.15, 0.2) is 24.3 Å². The smallest absolute Gasteiger partial charge is 0.355 e. The van der Waals surface area contributed by atoms with Crippen LogP contribution in [0.3, 0.4) is 0 Å². The zero-order chi connectivity index (χ0) is 18.5. The first-order valence-corrected chi connectivity index (χ1v) is 9.17.